The van der Waals surface area contributed by atoms with Gasteiger partial charge < -0.3 is 4.74 Å². The third kappa shape index (κ3) is 1.11. The fourth-order valence-corrected chi connectivity index (χ4v) is 1.34. The molecule has 1 aliphatic heterocycles. The minimum Gasteiger partial charge on any atom is -0.478 e. The smallest absolute Gasteiger partial charge is 0.171 e. The van der Waals surface area contributed by atoms with Crippen LogP contribution in [0.4, 0.5) is 0 Å². The van der Waals surface area contributed by atoms with Gasteiger partial charge in [-0.25, -0.2) is 0 Å². The zero-order chi connectivity index (χ0) is 7.68. The highest BCUT2D eigenvalue weighted by molar-refractivity contribution is 5.50. The Hall–Kier alpha value is -0.980. The molecule has 1 heterocycles. The first-order valence-electron chi connectivity index (χ1n) is 4.04. The Bertz CT molecular complexity index is 246. The normalized spacial score (nSPS) is 21.2. The van der Waals surface area contributed by atoms with Gasteiger partial charge in [0.25, 0.3) is 0 Å². The summed E-state index contributed by atoms with van der Waals surface area (Å²) in [5.74, 6) is 1.02. The number of hydrogen-bond acceptors (Lipinski definition) is 1. The maximum atomic E-state index is 5.55. The zero-order valence-corrected chi connectivity index (χ0v) is 6.63. The molecule has 0 saturated carbocycles. The second-order valence-corrected chi connectivity index (χ2v) is 2.81. The van der Waals surface area contributed by atoms with Crippen molar-refractivity contribution >= 4 is 0 Å². The van der Waals surface area contributed by atoms with Crippen LogP contribution in [0.1, 0.15) is 19.8 Å². The molecule has 0 aromatic rings. The molecule has 0 N–H and O–H groups in total. The van der Waals surface area contributed by atoms with E-state index in [2.05, 4.69) is 19.1 Å². The van der Waals surface area contributed by atoms with Crippen LogP contribution in [-0.2, 0) is 4.74 Å². The van der Waals surface area contributed by atoms with Crippen molar-refractivity contribution in [2.24, 2.45) is 0 Å². The fourth-order valence-electron chi connectivity index (χ4n) is 1.34. The lowest BCUT2D eigenvalue weighted by Crippen LogP contribution is -1.91. The van der Waals surface area contributed by atoms with Crippen LogP contribution in [0.15, 0.2) is 35.6 Å². The van der Waals surface area contributed by atoms with E-state index >= 15 is 0 Å². The van der Waals surface area contributed by atoms with Crippen LogP contribution in [0, 0.1) is 6.10 Å². The van der Waals surface area contributed by atoms with Crippen molar-refractivity contribution < 1.29 is 4.74 Å². The average Bonchev–Trinajstić information content (AvgIpc) is 2.46. The van der Waals surface area contributed by atoms with Crippen molar-refractivity contribution in [3.8, 4) is 0 Å². The standard InChI is InChI=1S/C10H11O/c1-2-4-9-7-8-5-3-6-10(8)11-9/h3,5-7H,2,4H2,1H3. The second kappa shape index (κ2) is 2.57. The number of hydrogen-bond donors (Lipinski definition) is 0. The molecule has 57 valence electrons. The van der Waals surface area contributed by atoms with Crippen LogP contribution in [0.3, 0.4) is 0 Å². The van der Waals surface area contributed by atoms with Gasteiger partial charge in [0.15, 0.2) is 6.10 Å². The van der Waals surface area contributed by atoms with Crippen LogP contribution in [-0.4, -0.2) is 0 Å². The summed E-state index contributed by atoms with van der Waals surface area (Å²) < 4.78 is 5.55. The maximum absolute atomic E-state index is 5.55. The highest BCUT2D eigenvalue weighted by Crippen LogP contribution is 2.34. The number of fused-ring (bicyclic) bond motifs is 1. The summed E-state index contributed by atoms with van der Waals surface area (Å²) >= 11 is 0. The van der Waals surface area contributed by atoms with E-state index in [4.69, 9.17) is 4.74 Å². The molecule has 0 amide bonds. The van der Waals surface area contributed by atoms with E-state index in [0.29, 0.717) is 0 Å². The van der Waals surface area contributed by atoms with Crippen molar-refractivity contribution in [3.63, 3.8) is 0 Å². The topological polar surface area (TPSA) is 9.23 Å². The van der Waals surface area contributed by atoms with Gasteiger partial charge in [-0.05, 0) is 18.6 Å². The second-order valence-electron chi connectivity index (χ2n) is 2.81. The first kappa shape index (κ1) is 6.71. The van der Waals surface area contributed by atoms with E-state index < -0.39 is 0 Å². The van der Waals surface area contributed by atoms with Gasteiger partial charge in [0.1, 0.15) is 5.76 Å². The summed E-state index contributed by atoms with van der Waals surface area (Å²) in [6.45, 7) is 2.16. The van der Waals surface area contributed by atoms with Gasteiger partial charge in [0, 0.05) is 5.57 Å². The van der Waals surface area contributed by atoms with E-state index in [1.807, 2.05) is 12.2 Å². The van der Waals surface area contributed by atoms with E-state index in [-0.39, 0.29) is 0 Å². The SMILES string of the molecule is CCC[C]1C=C2C=CC=C2O1. The average molecular weight is 147 g/mol. The van der Waals surface area contributed by atoms with Crippen molar-refractivity contribution in [2.45, 2.75) is 19.8 Å². The summed E-state index contributed by atoms with van der Waals surface area (Å²) in [4.78, 5) is 0. The molecule has 0 fully saturated rings. The van der Waals surface area contributed by atoms with Crippen molar-refractivity contribution in [3.05, 3.63) is 41.7 Å². The Morgan fingerprint density at radius 1 is 1.45 bits per heavy atom. The molecule has 0 unspecified atom stereocenters. The summed E-state index contributed by atoms with van der Waals surface area (Å²) in [5, 5.41) is 0. The molecule has 0 atom stereocenters. The minimum atomic E-state index is 1.02. The summed E-state index contributed by atoms with van der Waals surface area (Å²) in [6.07, 6.45) is 11.5. The van der Waals surface area contributed by atoms with Gasteiger partial charge in [0.2, 0.25) is 0 Å². The molecule has 1 nitrogen and oxygen atoms in total. The van der Waals surface area contributed by atoms with Crippen LogP contribution in [0.2, 0.25) is 0 Å². The van der Waals surface area contributed by atoms with Crippen LogP contribution >= 0.6 is 0 Å². The fraction of sp³-hybridized carbons (Fsp3) is 0.300. The molecule has 0 bridgehead atoms. The highest BCUT2D eigenvalue weighted by Gasteiger charge is 2.22. The first-order chi connectivity index (χ1) is 5.40. The largest absolute Gasteiger partial charge is 0.478 e. The number of rotatable bonds is 2. The van der Waals surface area contributed by atoms with Crippen LogP contribution < -0.4 is 0 Å². The molecule has 0 saturated heterocycles. The lowest BCUT2D eigenvalue weighted by atomic mass is 10.2. The molecule has 0 aromatic heterocycles. The van der Waals surface area contributed by atoms with Gasteiger partial charge in [-0.15, -0.1) is 0 Å². The Balaban J connectivity index is 2.09. The molecule has 0 spiro atoms. The zero-order valence-electron chi connectivity index (χ0n) is 6.63. The molecular formula is C10H11O. The molecule has 11 heavy (non-hydrogen) atoms. The first-order valence-corrected chi connectivity index (χ1v) is 4.04. The minimum absolute atomic E-state index is 1.02. The summed E-state index contributed by atoms with van der Waals surface area (Å²) in [5.41, 5.74) is 1.23. The highest BCUT2D eigenvalue weighted by atomic mass is 16.5. The van der Waals surface area contributed by atoms with E-state index in [0.717, 1.165) is 24.7 Å². The van der Waals surface area contributed by atoms with Crippen molar-refractivity contribution in [1.29, 1.82) is 0 Å². The molecule has 0 aromatic carbocycles. The third-order valence-corrected chi connectivity index (χ3v) is 1.86. The van der Waals surface area contributed by atoms with Gasteiger partial charge in [-0.3, -0.25) is 0 Å². The molecule has 1 heteroatoms. The van der Waals surface area contributed by atoms with E-state index in [9.17, 15) is 0 Å². The molecular weight excluding hydrogens is 136 g/mol. The Kier molecular flexibility index (Phi) is 1.57. The predicted octanol–water partition coefficient (Wildman–Crippen LogP) is 2.73. The van der Waals surface area contributed by atoms with Crippen LogP contribution in [0.25, 0.3) is 0 Å². The summed E-state index contributed by atoms with van der Waals surface area (Å²) in [6, 6.07) is 0. The quantitative estimate of drug-likeness (QED) is 0.583. The lowest BCUT2D eigenvalue weighted by molar-refractivity contribution is 0.262. The monoisotopic (exact) mass is 147 g/mol. The number of ether oxygens (including phenoxy) is 1. The maximum Gasteiger partial charge on any atom is 0.171 e. The van der Waals surface area contributed by atoms with Crippen molar-refractivity contribution in [1.82, 2.24) is 0 Å². The molecule has 2 aliphatic rings. The predicted molar refractivity (Wildman–Crippen MR) is 44.5 cm³/mol. The van der Waals surface area contributed by atoms with Gasteiger partial charge >= 0.3 is 0 Å². The molecule has 1 aliphatic carbocycles. The van der Waals surface area contributed by atoms with E-state index in [1.54, 1.807) is 0 Å². The Morgan fingerprint density at radius 3 is 3.09 bits per heavy atom. The third-order valence-electron chi connectivity index (χ3n) is 1.86. The van der Waals surface area contributed by atoms with Crippen LogP contribution in [0.5, 0.6) is 0 Å². The van der Waals surface area contributed by atoms with Crippen molar-refractivity contribution in [2.75, 3.05) is 0 Å². The Morgan fingerprint density at radius 2 is 2.36 bits per heavy atom. The van der Waals surface area contributed by atoms with E-state index in [1.165, 1.54) is 5.57 Å². The van der Waals surface area contributed by atoms with Gasteiger partial charge in [-0.1, -0.05) is 25.5 Å². The van der Waals surface area contributed by atoms with Gasteiger partial charge in [0.05, 0.1) is 0 Å². The Labute approximate surface area is 67.1 Å². The number of allylic oxidation sites excluding steroid dienone is 3. The van der Waals surface area contributed by atoms with Gasteiger partial charge in [-0.2, -0.15) is 0 Å². The molecule has 2 rings (SSSR count). The molecule has 1 radical (unpaired) electrons. The lowest BCUT2D eigenvalue weighted by Gasteiger charge is -2.05. The summed E-state index contributed by atoms with van der Waals surface area (Å²) in [7, 11) is 0.